The van der Waals surface area contributed by atoms with Crippen LogP contribution in [0.2, 0.25) is 0 Å². The van der Waals surface area contributed by atoms with Crippen LogP contribution in [0.1, 0.15) is 303 Å². The predicted octanol–water partition coefficient (Wildman–Crippen LogP) is 19.8. The number of allylic oxidation sites excluding steroid dienone is 11. The Hall–Kier alpha value is -2.17. The number of carbonyl (C=O) groups is 1. The molecule has 0 aliphatic carbocycles. The number of carbonyl (C=O) groups excluding carboxylic acids is 1. The van der Waals surface area contributed by atoms with E-state index in [9.17, 15) is 15.0 Å². The van der Waals surface area contributed by atoms with Crippen LogP contribution in [0, 0.1) is 0 Å². The number of unbranched alkanes of at least 4 members (excludes halogenated alkanes) is 37. The maximum Gasteiger partial charge on any atom is 0.220 e. The Morgan fingerprint density at radius 1 is 0.358 bits per heavy atom. The van der Waals surface area contributed by atoms with Crippen LogP contribution in [0.25, 0.3) is 0 Å². The first-order chi connectivity index (χ1) is 33.2. The van der Waals surface area contributed by atoms with E-state index in [1.165, 1.54) is 231 Å². The van der Waals surface area contributed by atoms with Gasteiger partial charge in [-0.15, -0.1) is 0 Å². The summed E-state index contributed by atoms with van der Waals surface area (Å²) in [4.78, 5) is 12.5. The Balaban J connectivity index is 3.54. The Morgan fingerprint density at radius 3 is 0.970 bits per heavy atom. The molecule has 4 nitrogen and oxygen atoms in total. The average Bonchev–Trinajstić information content (AvgIpc) is 3.33. The third-order valence-corrected chi connectivity index (χ3v) is 13.4. The standard InChI is InChI=1S/C63H115NO3/c1-3-5-7-9-11-13-15-17-19-21-23-25-27-29-30-31-32-33-34-35-37-39-41-43-45-47-49-51-53-55-57-59-63(67)64-61(60-65)62(66)58-56-54-52-50-48-46-44-42-40-38-36-28-26-24-22-20-18-16-14-12-10-8-6-4-2/h15,17,21,23,27,29,40,42,48,50,56,58,61-62,65-66H,3-14,16,18-20,22,24-26,28,30-39,41,43-47,49,51-55,57,59-60H2,1-2H3,(H,64,67)/b17-15-,23-21-,29-27-,42-40+,50-48+,58-56+. The van der Waals surface area contributed by atoms with Crippen LogP contribution in [-0.4, -0.2) is 34.9 Å². The van der Waals surface area contributed by atoms with E-state index >= 15 is 0 Å². The van der Waals surface area contributed by atoms with Gasteiger partial charge in [0.25, 0.3) is 0 Å². The van der Waals surface area contributed by atoms with Gasteiger partial charge >= 0.3 is 0 Å². The fourth-order valence-electron chi connectivity index (χ4n) is 8.87. The van der Waals surface area contributed by atoms with Gasteiger partial charge in [0, 0.05) is 6.42 Å². The zero-order valence-electron chi connectivity index (χ0n) is 44.9. The summed E-state index contributed by atoms with van der Waals surface area (Å²) >= 11 is 0. The van der Waals surface area contributed by atoms with Crippen molar-refractivity contribution in [1.82, 2.24) is 5.32 Å². The first-order valence-electron chi connectivity index (χ1n) is 29.7. The lowest BCUT2D eigenvalue weighted by molar-refractivity contribution is -0.123. The summed E-state index contributed by atoms with van der Waals surface area (Å²) in [7, 11) is 0. The first kappa shape index (κ1) is 64.8. The second kappa shape index (κ2) is 58.1. The Bertz CT molecular complexity index is 1150. The lowest BCUT2D eigenvalue weighted by atomic mass is 10.0. The van der Waals surface area contributed by atoms with E-state index in [2.05, 4.69) is 79.9 Å². The van der Waals surface area contributed by atoms with Crippen LogP contribution in [0.4, 0.5) is 0 Å². The largest absolute Gasteiger partial charge is 0.394 e. The lowest BCUT2D eigenvalue weighted by Crippen LogP contribution is -2.45. The lowest BCUT2D eigenvalue weighted by Gasteiger charge is -2.19. The van der Waals surface area contributed by atoms with Gasteiger partial charge in [-0.3, -0.25) is 4.79 Å². The Labute approximate surface area is 419 Å². The van der Waals surface area contributed by atoms with Gasteiger partial charge in [0.15, 0.2) is 0 Å². The zero-order chi connectivity index (χ0) is 48.5. The van der Waals surface area contributed by atoms with Crippen LogP contribution in [-0.2, 0) is 4.79 Å². The molecule has 2 atom stereocenters. The van der Waals surface area contributed by atoms with Crippen LogP contribution < -0.4 is 5.32 Å². The fourth-order valence-corrected chi connectivity index (χ4v) is 8.87. The number of amides is 1. The molecular weight excluding hydrogens is 819 g/mol. The van der Waals surface area contributed by atoms with Gasteiger partial charge in [-0.25, -0.2) is 0 Å². The molecule has 0 aromatic rings. The van der Waals surface area contributed by atoms with Crippen LogP contribution in [0.3, 0.4) is 0 Å². The summed E-state index contributed by atoms with van der Waals surface area (Å²) in [6.07, 6.45) is 83.6. The van der Waals surface area contributed by atoms with Gasteiger partial charge in [0.1, 0.15) is 0 Å². The number of aliphatic hydroxyl groups excluding tert-OH is 2. The molecule has 0 spiro atoms. The number of hydrogen-bond donors (Lipinski definition) is 3. The van der Waals surface area contributed by atoms with Gasteiger partial charge in [0.05, 0.1) is 18.8 Å². The summed E-state index contributed by atoms with van der Waals surface area (Å²) in [6, 6.07) is -0.649. The normalized spacial score (nSPS) is 13.3. The van der Waals surface area contributed by atoms with E-state index in [4.69, 9.17) is 0 Å². The van der Waals surface area contributed by atoms with Crippen molar-refractivity contribution in [1.29, 1.82) is 0 Å². The van der Waals surface area contributed by atoms with Gasteiger partial charge in [0.2, 0.25) is 5.91 Å². The first-order valence-corrected chi connectivity index (χ1v) is 29.7. The average molecular weight is 935 g/mol. The van der Waals surface area contributed by atoms with Crippen molar-refractivity contribution in [3.8, 4) is 0 Å². The summed E-state index contributed by atoms with van der Waals surface area (Å²) in [5.74, 6) is -0.0765. The maximum absolute atomic E-state index is 12.5. The molecule has 0 heterocycles. The number of hydrogen-bond acceptors (Lipinski definition) is 3. The van der Waals surface area contributed by atoms with Crippen molar-refractivity contribution in [2.75, 3.05) is 6.61 Å². The quantitative estimate of drug-likeness (QED) is 0.0420. The van der Waals surface area contributed by atoms with E-state index in [1.54, 1.807) is 6.08 Å². The number of rotatable bonds is 54. The van der Waals surface area contributed by atoms with Crippen molar-refractivity contribution < 1.29 is 15.0 Å². The van der Waals surface area contributed by atoms with E-state index in [0.717, 1.165) is 51.4 Å². The topological polar surface area (TPSA) is 69.6 Å². The monoisotopic (exact) mass is 934 g/mol. The summed E-state index contributed by atoms with van der Waals surface area (Å²) in [5, 5.41) is 23.2. The molecule has 0 radical (unpaired) electrons. The minimum Gasteiger partial charge on any atom is -0.394 e. The molecule has 1 amide bonds. The molecular formula is C63H115NO3. The minimum absolute atomic E-state index is 0.0765. The van der Waals surface area contributed by atoms with Crippen molar-refractivity contribution in [3.63, 3.8) is 0 Å². The van der Waals surface area contributed by atoms with Crippen LogP contribution >= 0.6 is 0 Å². The van der Waals surface area contributed by atoms with E-state index in [0.29, 0.717) is 6.42 Å². The molecule has 0 bridgehead atoms. The van der Waals surface area contributed by atoms with Crippen molar-refractivity contribution in [2.45, 2.75) is 315 Å². The molecule has 0 aliphatic rings. The molecule has 0 fully saturated rings. The molecule has 0 saturated carbocycles. The van der Waals surface area contributed by atoms with Crippen molar-refractivity contribution in [3.05, 3.63) is 72.9 Å². The molecule has 4 heteroatoms. The molecule has 0 aromatic carbocycles. The van der Waals surface area contributed by atoms with Gasteiger partial charge in [-0.2, -0.15) is 0 Å². The smallest absolute Gasteiger partial charge is 0.220 e. The van der Waals surface area contributed by atoms with E-state index < -0.39 is 12.1 Å². The van der Waals surface area contributed by atoms with Crippen molar-refractivity contribution in [2.24, 2.45) is 0 Å². The molecule has 3 N–H and O–H groups in total. The summed E-state index contributed by atoms with van der Waals surface area (Å²) in [6.45, 7) is 4.30. The SMILES string of the molecule is CCCCCCC/C=C\C/C=C\C/C=C\CCCCCCCCCCCCCCCCCCC(=O)NC(CO)C(O)/C=C/CC/C=C/CC/C=C/CCCCCCCCCCCCCCCC. The van der Waals surface area contributed by atoms with Crippen molar-refractivity contribution >= 4 is 5.91 Å². The second-order valence-electron chi connectivity index (χ2n) is 20.0. The molecule has 2 unspecified atom stereocenters. The third-order valence-electron chi connectivity index (χ3n) is 13.4. The van der Waals surface area contributed by atoms with Gasteiger partial charge in [-0.05, 0) is 83.5 Å². The number of nitrogens with one attached hydrogen (secondary N) is 1. The van der Waals surface area contributed by atoms with Crippen LogP contribution in [0.15, 0.2) is 72.9 Å². The summed E-state index contributed by atoms with van der Waals surface area (Å²) < 4.78 is 0. The van der Waals surface area contributed by atoms with Gasteiger partial charge in [-0.1, -0.05) is 286 Å². The zero-order valence-corrected chi connectivity index (χ0v) is 44.9. The summed E-state index contributed by atoms with van der Waals surface area (Å²) in [5.41, 5.74) is 0. The Morgan fingerprint density at radius 2 is 0.627 bits per heavy atom. The number of aliphatic hydroxyl groups is 2. The third kappa shape index (κ3) is 54.6. The minimum atomic E-state index is -0.874. The molecule has 0 rings (SSSR count). The van der Waals surface area contributed by atoms with Gasteiger partial charge < -0.3 is 15.5 Å². The highest BCUT2D eigenvalue weighted by atomic mass is 16.3. The van der Waals surface area contributed by atoms with Crippen LogP contribution in [0.5, 0.6) is 0 Å². The molecule has 0 aliphatic heterocycles. The molecule has 0 aromatic heterocycles. The molecule has 0 saturated heterocycles. The Kier molecular flexibility index (Phi) is 56.3. The van der Waals surface area contributed by atoms with E-state index in [-0.39, 0.29) is 12.5 Å². The molecule has 67 heavy (non-hydrogen) atoms. The second-order valence-corrected chi connectivity index (χ2v) is 20.0. The maximum atomic E-state index is 12.5. The van der Waals surface area contributed by atoms with E-state index in [1.807, 2.05) is 6.08 Å². The molecule has 390 valence electrons. The fraction of sp³-hybridized carbons (Fsp3) is 0.794. The highest BCUT2D eigenvalue weighted by Gasteiger charge is 2.18. The highest BCUT2D eigenvalue weighted by Crippen LogP contribution is 2.16. The predicted molar refractivity (Wildman–Crippen MR) is 299 cm³/mol. The highest BCUT2D eigenvalue weighted by molar-refractivity contribution is 5.76.